The molecule has 1 spiro atoms. The maximum Gasteiger partial charge on any atom is 0.253 e. The molecule has 5 rings (SSSR count). The monoisotopic (exact) mass is 561 g/mol. The number of hydrogen-bond acceptors (Lipinski definition) is 8. The molecule has 2 fully saturated rings. The van der Waals surface area contributed by atoms with E-state index in [9.17, 15) is 23.1 Å². The quantitative estimate of drug-likeness (QED) is 0.253. The first-order valence-electron chi connectivity index (χ1n) is 13.0. The molecule has 0 bridgehead atoms. The van der Waals surface area contributed by atoms with E-state index in [1.54, 1.807) is 6.07 Å². The fourth-order valence-corrected chi connectivity index (χ4v) is 7.86. The predicted octanol–water partition coefficient (Wildman–Crippen LogP) is 5.19. The SMILES string of the molecule is CC[C@@H](Nc1c(Nc2ccc(Cl)c(S(=O)(=O)N3CCC4(CCCC4)CC3)c2O)c(=O)c1=O)c1ccc(C)o1. The van der Waals surface area contributed by atoms with E-state index in [1.807, 2.05) is 19.9 Å². The maximum absolute atomic E-state index is 13.6. The molecule has 38 heavy (non-hydrogen) atoms. The molecule has 204 valence electrons. The zero-order valence-electron chi connectivity index (χ0n) is 21.5. The molecule has 0 amide bonds. The van der Waals surface area contributed by atoms with Crippen LogP contribution in [0.15, 0.2) is 43.2 Å². The van der Waals surface area contributed by atoms with Crippen LogP contribution in [0.2, 0.25) is 5.02 Å². The van der Waals surface area contributed by atoms with Crippen LogP contribution in [0.25, 0.3) is 0 Å². The number of furan rings is 1. The second kappa shape index (κ2) is 10.1. The summed E-state index contributed by atoms with van der Waals surface area (Å²) in [5.41, 5.74) is -1.29. The number of piperidine rings is 1. The number of hydrogen-bond donors (Lipinski definition) is 3. The third-order valence-electron chi connectivity index (χ3n) is 8.13. The first-order chi connectivity index (χ1) is 18.1. The number of benzene rings is 1. The van der Waals surface area contributed by atoms with Crippen molar-refractivity contribution >= 4 is 38.7 Å². The summed E-state index contributed by atoms with van der Waals surface area (Å²) in [5, 5.41) is 16.8. The van der Waals surface area contributed by atoms with Crippen molar-refractivity contribution in [2.75, 3.05) is 23.7 Å². The lowest BCUT2D eigenvalue weighted by Gasteiger charge is -2.38. The third-order valence-corrected chi connectivity index (χ3v) is 10.5. The molecule has 1 aromatic heterocycles. The highest BCUT2D eigenvalue weighted by atomic mass is 35.5. The van der Waals surface area contributed by atoms with Gasteiger partial charge in [-0.25, -0.2) is 8.42 Å². The summed E-state index contributed by atoms with van der Waals surface area (Å²) in [6.45, 7) is 4.46. The largest absolute Gasteiger partial charge is 0.504 e. The lowest BCUT2D eigenvalue weighted by molar-refractivity contribution is 0.160. The van der Waals surface area contributed by atoms with Crippen LogP contribution >= 0.6 is 11.6 Å². The fraction of sp³-hybridized carbons (Fsp3) is 0.481. The van der Waals surface area contributed by atoms with Crippen molar-refractivity contribution in [3.05, 3.63) is 61.3 Å². The maximum atomic E-state index is 13.6. The van der Waals surface area contributed by atoms with Gasteiger partial charge in [-0.2, -0.15) is 4.31 Å². The standard InChI is InChI=1S/C27H32ClN3O6S/c1-3-18(20-9-6-16(2)37-20)29-21-22(25(34)24(21)33)30-19-8-7-17(28)26(23(19)32)38(35,36)31-14-12-27(13-15-31)10-4-5-11-27/h6-9,18,29-30,32H,3-5,10-15H2,1-2H3/t18-/m1/s1. The summed E-state index contributed by atoms with van der Waals surface area (Å²) in [6, 6.07) is 5.99. The van der Waals surface area contributed by atoms with Crippen molar-refractivity contribution in [2.24, 2.45) is 5.41 Å². The van der Waals surface area contributed by atoms with E-state index in [1.165, 1.54) is 29.3 Å². The van der Waals surface area contributed by atoms with Gasteiger partial charge in [-0.3, -0.25) is 9.59 Å². The molecular formula is C27H32ClN3O6S. The Labute approximate surface area is 226 Å². The van der Waals surface area contributed by atoms with Crippen molar-refractivity contribution in [2.45, 2.75) is 69.7 Å². The number of phenolic OH excluding ortho intramolecular Hbond substituents is 1. The predicted molar refractivity (Wildman–Crippen MR) is 147 cm³/mol. The van der Waals surface area contributed by atoms with Crippen LogP contribution in [0.4, 0.5) is 17.1 Å². The highest BCUT2D eigenvalue weighted by molar-refractivity contribution is 7.89. The van der Waals surface area contributed by atoms with Gasteiger partial charge in [0.1, 0.15) is 27.8 Å². The number of halogens is 1. The van der Waals surface area contributed by atoms with Crippen LogP contribution in [-0.2, 0) is 10.0 Å². The highest BCUT2D eigenvalue weighted by Crippen LogP contribution is 2.48. The molecule has 9 nitrogen and oxygen atoms in total. The number of rotatable bonds is 8. The number of phenols is 1. The van der Waals surface area contributed by atoms with Gasteiger partial charge < -0.3 is 20.2 Å². The second-order valence-electron chi connectivity index (χ2n) is 10.5. The second-order valence-corrected chi connectivity index (χ2v) is 12.8. The van der Waals surface area contributed by atoms with Crippen molar-refractivity contribution in [3.63, 3.8) is 0 Å². The molecule has 2 heterocycles. The first kappa shape index (κ1) is 26.8. The fourth-order valence-electron chi connectivity index (χ4n) is 5.82. The third kappa shape index (κ3) is 4.63. The summed E-state index contributed by atoms with van der Waals surface area (Å²) >= 11 is 6.30. The van der Waals surface area contributed by atoms with Crippen LogP contribution in [0.3, 0.4) is 0 Å². The van der Waals surface area contributed by atoms with Gasteiger partial charge in [0.2, 0.25) is 10.0 Å². The lowest BCUT2D eigenvalue weighted by Crippen LogP contribution is -2.42. The van der Waals surface area contributed by atoms with E-state index in [2.05, 4.69) is 10.6 Å². The molecule has 0 unspecified atom stereocenters. The van der Waals surface area contributed by atoms with E-state index < -0.39 is 31.5 Å². The number of anilines is 3. The van der Waals surface area contributed by atoms with Gasteiger partial charge in [0.25, 0.3) is 10.9 Å². The van der Waals surface area contributed by atoms with Crippen molar-refractivity contribution < 1.29 is 17.9 Å². The zero-order valence-corrected chi connectivity index (χ0v) is 23.0. The molecule has 1 aliphatic heterocycles. The summed E-state index contributed by atoms with van der Waals surface area (Å²) < 4.78 is 34.2. The van der Waals surface area contributed by atoms with Gasteiger partial charge in [0, 0.05) is 13.1 Å². The smallest absolute Gasteiger partial charge is 0.253 e. The van der Waals surface area contributed by atoms with E-state index in [-0.39, 0.29) is 33.5 Å². The molecule has 11 heteroatoms. The van der Waals surface area contributed by atoms with Gasteiger partial charge in [-0.1, -0.05) is 31.4 Å². The topological polar surface area (TPSA) is 129 Å². The molecule has 2 aromatic carbocycles. The van der Waals surface area contributed by atoms with Gasteiger partial charge in [0.15, 0.2) is 5.75 Å². The Morgan fingerprint density at radius 1 is 1.05 bits per heavy atom. The Balaban J connectivity index is 1.40. The Hall–Kier alpha value is -2.82. The van der Waals surface area contributed by atoms with Gasteiger partial charge in [-0.15, -0.1) is 0 Å². The van der Waals surface area contributed by atoms with Gasteiger partial charge in [0.05, 0.1) is 16.8 Å². The van der Waals surface area contributed by atoms with E-state index >= 15 is 0 Å². The van der Waals surface area contributed by atoms with Crippen molar-refractivity contribution in [1.29, 1.82) is 0 Å². The van der Waals surface area contributed by atoms with Crippen LogP contribution in [-0.4, -0.2) is 30.9 Å². The number of aryl methyl sites for hydroxylation is 1. The average molecular weight is 562 g/mol. The van der Waals surface area contributed by atoms with Gasteiger partial charge in [-0.05, 0) is 68.7 Å². The molecule has 3 aromatic rings. The summed E-state index contributed by atoms with van der Waals surface area (Å²) in [7, 11) is -4.10. The highest BCUT2D eigenvalue weighted by Gasteiger charge is 2.41. The summed E-state index contributed by atoms with van der Waals surface area (Å²) in [4.78, 5) is 24.4. The number of sulfonamides is 1. The van der Waals surface area contributed by atoms with Crippen LogP contribution in [0.5, 0.6) is 5.75 Å². The Morgan fingerprint density at radius 3 is 2.32 bits per heavy atom. The molecule has 1 saturated heterocycles. The normalized spacial score (nSPS) is 18.7. The minimum Gasteiger partial charge on any atom is -0.504 e. The van der Waals surface area contributed by atoms with Gasteiger partial charge >= 0.3 is 0 Å². The number of nitrogens with one attached hydrogen (secondary N) is 2. The summed E-state index contributed by atoms with van der Waals surface area (Å²) in [5.74, 6) is 0.745. The number of nitrogens with zero attached hydrogens (tertiary/aromatic N) is 1. The minimum atomic E-state index is -4.10. The van der Waals surface area contributed by atoms with E-state index in [4.69, 9.17) is 16.0 Å². The first-order valence-corrected chi connectivity index (χ1v) is 14.8. The van der Waals surface area contributed by atoms with Crippen molar-refractivity contribution in [1.82, 2.24) is 4.31 Å². The summed E-state index contributed by atoms with van der Waals surface area (Å²) in [6.07, 6.45) is 6.77. The van der Waals surface area contributed by atoms with E-state index in [0.29, 0.717) is 25.3 Å². The van der Waals surface area contributed by atoms with Crippen molar-refractivity contribution in [3.8, 4) is 5.75 Å². The molecule has 0 radical (unpaired) electrons. The molecule has 3 N–H and O–H groups in total. The molecule has 1 atom stereocenters. The average Bonchev–Trinajstić information content (AvgIpc) is 3.53. The molecule has 1 saturated carbocycles. The molecular weight excluding hydrogens is 530 g/mol. The number of aromatic hydroxyl groups is 1. The minimum absolute atomic E-state index is 0.0331. The van der Waals surface area contributed by atoms with Crippen LogP contribution < -0.4 is 21.5 Å². The Bertz CT molecular complexity index is 1520. The lowest BCUT2D eigenvalue weighted by atomic mass is 9.78. The zero-order chi connectivity index (χ0) is 27.2. The van der Waals surface area contributed by atoms with Crippen LogP contribution in [0.1, 0.15) is 69.4 Å². The molecule has 1 aliphatic carbocycles. The van der Waals surface area contributed by atoms with E-state index in [0.717, 1.165) is 31.4 Å². The molecule has 2 aliphatic rings. The Morgan fingerprint density at radius 2 is 1.71 bits per heavy atom. The Kier molecular flexibility index (Phi) is 7.08. The van der Waals surface area contributed by atoms with Crippen LogP contribution in [0, 0.1) is 12.3 Å².